The van der Waals surface area contributed by atoms with Crippen LogP contribution in [0.15, 0.2) is 42.5 Å². The van der Waals surface area contributed by atoms with E-state index in [9.17, 15) is 14.7 Å². The van der Waals surface area contributed by atoms with Gasteiger partial charge in [0.15, 0.2) is 0 Å². The lowest BCUT2D eigenvalue weighted by Gasteiger charge is -2.37. The molecule has 1 N–H and O–H groups in total. The van der Waals surface area contributed by atoms with Crippen LogP contribution in [0.5, 0.6) is 5.75 Å². The molecule has 162 valence electrons. The highest BCUT2D eigenvalue weighted by atomic mass is 16.5. The number of hydrogen-bond donors (Lipinski definition) is 1. The van der Waals surface area contributed by atoms with E-state index >= 15 is 0 Å². The lowest BCUT2D eigenvalue weighted by atomic mass is 9.82. The Labute approximate surface area is 183 Å². The zero-order valence-corrected chi connectivity index (χ0v) is 18.0. The minimum atomic E-state index is -0.942. The molecule has 1 amide bonds. The molecule has 5 rings (SSSR count). The lowest BCUT2D eigenvalue weighted by Crippen LogP contribution is -2.44. The number of carboxylic acid groups (broad SMARTS) is 1. The third-order valence-corrected chi connectivity index (χ3v) is 7.79. The molecule has 1 atom stereocenters. The molecule has 5 heteroatoms. The number of nitrogens with zero attached hydrogens (tertiary/aromatic N) is 1. The van der Waals surface area contributed by atoms with Gasteiger partial charge in [-0.2, -0.15) is 0 Å². The van der Waals surface area contributed by atoms with Crippen molar-refractivity contribution in [3.63, 3.8) is 0 Å². The molecule has 5 nitrogen and oxygen atoms in total. The van der Waals surface area contributed by atoms with Gasteiger partial charge < -0.3 is 14.7 Å². The number of hydrogen-bond acceptors (Lipinski definition) is 3. The van der Waals surface area contributed by atoms with Crippen LogP contribution in [-0.4, -0.2) is 42.1 Å². The van der Waals surface area contributed by atoms with Gasteiger partial charge in [-0.1, -0.05) is 30.7 Å². The zero-order valence-electron chi connectivity index (χ0n) is 18.0. The number of methoxy groups -OCH3 is 1. The molecule has 2 aromatic carbocycles. The molecule has 1 heterocycles. The Morgan fingerprint density at radius 3 is 2.35 bits per heavy atom. The third kappa shape index (κ3) is 3.60. The van der Waals surface area contributed by atoms with Crippen molar-refractivity contribution in [1.82, 2.24) is 4.90 Å². The van der Waals surface area contributed by atoms with Gasteiger partial charge in [-0.25, -0.2) is 4.79 Å². The van der Waals surface area contributed by atoms with Crippen LogP contribution < -0.4 is 4.74 Å². The smallest absolute Gasteiger partial charge is 0.335 e. The average molecular weight is 420 g/mol. The maximum Gasteiger partial charge on any atom is 0.335 e. The quantitative estimate of drug-likeness (QED) is 0.744. The largest absolute Gasteiger partial charge is 0.496 e. The standard InChI is InChI=1S/C26H29NO4/c1-31-23-10-9-20(25(29)30)15-21(23)17-5-7-18(8-6-17)22-16-26(22)11-13-27(14-12-26)24(28)19-3-2-4-19/h5-10,15,19,22H,2-4,11-14,16H2,1H3,(H,29,30). The van der Waals surface area contributed by atoms with Gasteiger partial charge in [0, 0.05) is 24.6 Å². The van der Waals surface area contributed by atoms with Crippen molar-refractivity contribution in [3.8, 4) is 16.9 Å². The highest BCUT2D eigenvalue weighted by Crippen LogP contribution is 2.65. The van der Waals surface area contributed by atoms with Gasteiger partial charge in [0.25, 0.3) is 0 Å². The van der Waals surface area contributed by atoms with E-state index in [2.05, 4.69) is 29.2 Å². The van der Waals surface area contributed by atoms with E-state index in [0.29, 0.717) is 28.9 Å². The molecule has 2 aliphatic carbocycles. The van der Waals surface area contributed by atoms with E-state index < -0.39 is 5.97 Å². The Morgan fingerprint density at radius 2 is 1.77 bits per heavy atom. The van der Waals surface area contributed by atoms with E-state index in [1.807, 2.05) is 0 Å². The monoisotopic (exact) mass is 419 g/mol. The maximum atomic E-state index is 12.5. The fraction of sp³-hybridized carbons (Fsp3) is 0.462. The summed E-state index contributed by atoms with van der Waals surface area (Å²) in [6, 6.07) is 13.4. The second-order valence-electron chi connectivity index (χ2n) is 9.41. The SMILES string of the molecule is COc1ccc(C(=O)O)cc1-c1ccc(C2CC23CCN(C(=O)C2CCC2)CC3)cc1. The van der Waals surface area contributed by atoms with E-state index in [4.69, 9.17) is 4.74 Å². The molecule has 3 fully saturated rings. The molecule has 0 radical (unpaired) electrons. The summed E-state index contributed by atoms with van der Waals surface area (Å²) in [6.45, 7) is 1.81. The predicted molar refractivity (Wildman–Crippen MR) is 118 cm³/mol. The highest BCUT2D eigenvalue weighted by Gasteiger charge is 2.55. The summed E-state index contributed by atoms with van der Waals surface area (Å²) < 4.78 is 5.45. The molecule has 2 saturated carbocycles. The first-order chi connectivity index (χ1) is 15.0. The van der Waals surface area contributed by atoms with Crippen molar-refractivity contribution in [2.75, 3.05) is 20.2 Å². The van der Waals surface area contributed by atoms with Gasteiger partial charge in [0.05, 0.1) is 12.7 Å². The van der Waals surface area contributed by atoms with Gasteiger partial charge in [-0.05, 0) is 72.8 Å². The number of ether oxygens (including phenoxy) is 1. The van der Waals surface area contributed by atoms with Gasteiger partial charge in [0.2, 0.25) is 5.91 Å². The molecule has 1 saturated heterocycles. The molecular formula is C26H29NO4. The average Bonchev–Trinajstić information content (AvgIpc) is 3.45. The van der Waals surface area contributed by atoms with Crippen molar-refractivity contribution in [2.45, 2.75) is 44.4 Å². The second kappa shape index (κ2) is 7.70. The second-order valence-corrected chi connectivity index (χ2v) is 9.41. The fourth-order valence-corrected chi connectivity index (χ4v) is 5.42. The topological polar surface area (TPSA) is 66.8 Å². The number of carbonyl (C=O) groups is 2. The van der Waals surface area contributed by atoms with E-state index in [-0.39, 0.29) is 5.56 Å². The van der Waals surface area contributed by atoms with Gasteiger partial charge in [-0.3, -0.25) is 4.79 Å². The van der Waals surface area contributed by atoms with Crippen molar-refractivity contribution in [1.29, 1.82) is 0 Å². The zero-order chi connectivity index (χ0) is 21.6. The van der Waals surface area contributed by atoms with Crippen LogP contribution in [0.4, 0.5) is 0 Å². The van der Waals surface area contributed by atoms with Crippen LogP contribution in [0.25, 0.3) is 11.1 Å². The summed E-state index contributed by atoms with van der Waals surface area (Å²) in [4.78, 5) is 26.0. The maximum absolute atomic E-state index is 12.5. The molecule has 0 aromatic heterocycles. The summed E-state index contributed by atoms with van der Waals surface area (Å²) in [7, 11) is 1.60. The summed E-state index contributed by atoms with van der Waals surface area (Å²) >= 11 is 0. The third-order valence-electron chi connectivity index (χ3n) is 7.79. The predicted octanol–water partition coefficient (Wildman–Crippen LogP) is 4.96. The molecule has 2 aromatic rings. The molecule has 31 heavy (non-hydrogen) atoms. The van der Waals surface area contributed by atoms with Gasteiger partial charge >= 0.3 is 5.97 Å². The molecular weight excluding hydrogens is 390 g/mol. The highest BCUT2D eigenvalue weighted by molar-refractivity contribution is 5.90. The lowest BCUT2D eigenvalue weighted by molar-refractivity contribution is -0.139. The number of carbonyl (C=O) groups excluding carboxylic acids is 1. The van der Waals surface area contributed by atoms with E-state index in [1.165, 1.54) is 18.4 Å². The van der Waals surface area contributed by atoms with Crippen molar-refractivity contribution in [3.05, 3.63) is 53.6 Å². The summed E-state index contributed by atoms with van der Waals surface area (Å²) in [5, 5.41) is 9.32. The molecule has 1 unspecified atom stereocenters. The van der Waals surface area contributed by atoms with E-state index in [0.717, 1.165) is 49.9 Å². The number of rotatable bonds is 5. The van der Waals surface area contributed by atoms with Crippen LogP contribution in [0.2, 0.25) is 0 Å². The first kappa shape index (κ1) is 20.1. The Morgan fingerprint density at radius 1 is 1.06 bits per heavy atom. The number of benzene rings is 2. The minimum absolute atomic E-state index is 0.254. The van der Waals surface area contributed by atoms with Crippen molar-refractivity contribution < 1.29 is 19.4 Å². The Bertz CT molecular complexity index is 1000. The molecule has 3 aliphatic rings. The van der Waals surface area contributed by atoms with Crippen LogP contribution >= 0.6 is 0 Å². The number of amides is 1. The first-order valence-corrected chi connectivity index (χ1v) is 11.3. The number of piperidine rings is 1. The summed E-state index contributed by atoms with van der Waals surface area (Å²) in [5.41, 5.74) is 3.71. The minimum Gasteiger partial charge on any atom is -0.496 e. The molecule has 1 aliphatic heterocycles. The number of aromatic carboxylic acids is 1. The molecule has 0 bridgehead atoms. The Hall–Kier alpha value is -2.82. The first-order valence-electron chi connectivity index (χ1n) is 11.3. The Balaban J connectivity index is 1.27. The van der Waals surface area contributed by atoms with Gasteiger partial charge in [-0.15, -0.1) is 0 Å². The van der Waals surface area contributed by atoms with Crippen LogP contribution in [0, 0.1) is 11.3 Å². The molecule has 1 spiro atoms. The van der Waals surface area contributed by atoms with E-state index in [1.54, 1.807) is 25.3 Å². The number of likely N-dealkylation sites (tertiary alicyclic amines) is 1. The van der Waals surface area contributed by atoms with Crippen molar-refractivity contribution >= 4 is 11.9 Å². The van der Waals surface area contributed by atoms with Crippen LogP contribution in [-0.2, 0) is 4.79 Å². The number of carboxylic acids is 1. The van der Waals surface area contributed by atoms with Gasteiger partial charge in [0.1, 0.15) is 5.75 Å². The summed E-state index contributed by atoms with van der Waals surface area (Å²) in [6.07, 6.45) is 6.78. The van der Waals surface area contributed by atoms with Crippen molar-refractivity contribution in [2.24, 2.45) is 11.3 Å². The fourth-order valence-electron chi connectivity index (χ4n) is 5.42. The Kier molecular flexibility index (Phi) is 4.99. The van der Waals surface area contributed by atoms with Crippen LogP contribution in [0.3, 0.4) is 0 Å². The van der Waals surface area contributed by atoms with Crippen LogP contribution in [0.1, 0.15) is 60.4 Å². The normalized spacial score (nSPS) is 22.1. The summed E-state index contributed by atoms with van der Waals surface area (Å²) in [5.74, 6) is 0.981.